The summed E-state index contributed by atoms with van der Waals surface area (Å²) < 4.78 is 1.80. The molecule has 2 N–H and O–H groups in total. The summed E-state index contributed by atoms with van der Waals surface area (Å²) in [5.74, 6) is -0.226. The van der Waals surface area contributed by atoms with Gasteiger partial charge in [-0.3, -0.25) is 9.59 Å². The summed E-state index contributed by atoms with van der Waals surface area (Å²) in [5, 5.41) is 10.1. The lowest BCUT2D eigenvalue weighted by Gasteiger charge is -2.20. The van der Waals surface area contributed by atoms with Gasteiger partial charge >= 0.3 is 0 Å². The zero-order valence-electron chi connectivity index (χ0n) is 16.9. The van der Waals surface area contributed by atoms with Crippen molar-refractivity contribution in [3.63, 3.8) is 0 Å². The van der Waals surface area contributed by atoms with Crippen LogP contribution in [0.25, 0.3) is 5.69 Å². The van der Waals surface area contributed by atoms with E-state index in [2.05, 4.69) is 15.7 Å². The summed E-state index contributed by atoms with van der Waals surface area (Å²) in [4.78, 5) is 25.4. The Morgan fingerprint density at radius 2 is 1.79 bits per heavy atom. The molecule has 1 unspecified atom stereocenters. The van der Waals surface area contributed by atoms with Crippen molar-refractivity contribution in [2.45, 2.75) is 33.2 Å². The summed E-state index contributed by atoms with van der Waals surface area (Å²) in [6.07, 6.45) is 2.10. The van der Waals surface area contributed by atoms with Crippen molar-refractivity contribution in [3.05, 3.63) is 78.1 Å². The number of hydrogen-bond acceptors (Lipinski definition) is 3. The summed E-state index contributed by atoms with van der Waals surface area (Å²) in [6.45, 7) is 5.91. The van der Waals surface area contributed by atoms with Gasteiger partial charge in [-0.05, 0) is 42.7 Å². The van der Waals surface area contributed by atoms with Gasteiger partial charge in [-0.2, -0.15) is 5.10 Å². The average Bonchev–Trinajstić information content (AvgIpc) is 3.12. The minimum absolute atomic E-state index is 0.148. The highest BCUT2D eigenvalue weighted by atomic mass is 16.2. The highest BCUT2D eigenvalue weighted by molar-refractivity contribution is 5.98. The van der Waals surface area contributed by atoms with Crippen molar-refractivity contribution in [1.82, 2.24) is 15.1 Å². The van der Waals surface area contributed by atoms with Crippen molar-refractivity contribution < 1.29 is 9.59 Å². The van der Waals surface area contributed by atoms with Gasteiger partial charge in [0.15, 0.2) is 0 Å². The summed E-state index contributed by atoms with van der Waals surface area (Å²) >= 11 is 0. The first-order valence-corrected chi connectivity index (χ1v) is 9.70. The predicted molar refractivity (Wildman–Crippen MR) is 114 cm³/mol. The molecule has 3 aromatic rings. The van der Waals surface area contributed by atoms with Crippen LogP contribution in [0.1, 0.15) is 37.6 Å². The minimum Gasteiger partial charge on any atom is -0.341 e. The molecule has 0 spiro atoms. The van der Waals surface area contributed by atoms with Gasteiger partial charge in [0, 0.05) is 24.0 Å². The van der Waals surface area contributed by atoms with Crippen molar-refractivity contribution in [2.75, 3.05) is 5.32 Å². The first-order valence-electron chi connectivity index (χ1n) is 9.70. The number of anilines is 1. The minimum atomic E-state index is -0.766. The molecular weight excluding hydrogens is 364 g/mol. The van der Waals surface area contributed by atoms with Gasteiger partial charge in [0.1, 0.15) is 6.04 Å². The van der Waals surface area contributed by atoms with Gasteiger partial charge in [0.25, 0.3) is 5.91 Å². The molecule has 150 valence electrons. The van der Waals surface area contributed by atoms with E-state index < -0.39 is 6.04 Å². The van der Waals surface area contributed by atoms with Gasteiger partial charge in [-0.1, -0.05) is 50.2 Å². The maximum atomic E-state index is 13.1. The summed E-state index contributed by atoms with van der Waals surface area (Å²) in [7, 11) is 0. The number of benzene rings is 2. The summed E-state index contributed by atoms with van der Waals surface area (Å²) in [5.41, 5.74) is 3.23. The standard InChI is InChI=1S/C23H26N4O2/c1-16(2)14-21(28)26-22(18-8-5-4-6-9-18)23(29)25-19-10-7-11-20(15-19)27-17(3)12-13-24-27/h4-13,15-16,22H,14H2,1-3H3,(H,25,29)(H,26,28). The molecular formula is C23H26N4O2. The van der Waals surface area contributed by atoms with E-state index in [-0.39, 0.29) is 17.7 Å². The predicted octanol–water partition coefficient (Wildman–Crippen LogP) is 4.02. The molecule has 29 heavy (non-hydrogen) atoms. The highest BCUT2D eigenvalue weighted by Gasteiger charge is 2.23. The van der Waals surface area contributed by atoms with Gasteiger partial charge in [-0.25, -0.2) is 4.68 Å². The van der Waals surface area contributed by atoms with Crippen LogP contribution in [0.2, 0.25) is 0 Å². The molecule has 3 rings (SSSR count). The Labute approximate surface area is 170 Å². The fourth-order valence-corrected chi connectivity index (χ4v) is 3.11. The number of nitrogens with zero attached hydrogens (tertiary/aromatic N) is 2. The lowest BCUT2D eigenvalue weighted by molar-refractivity contribution is -0.127. The Morgan fingerprint density at radius 1 is 1.03 bits per heavy atom. The maximum absolute atomic E-state index is 13.1. The third kappa shape index (κ3) is 5.31. The van der Waals surface area contributed by atoms with Crippen molar-refractivity contribution in [2.24, 2.45) is 5.92 Å². The lowest BCUT2D eigenvalue weighted by atomic mass is 10.0. The quantitative estimate of drug-likeness (QED) is 0.640. The van der Waals surface area contributed by atoms with Gasteiger partial charge in [0.2, 0.25) is 5.91 Å². The molecule has 0 bridgehead atoms. The van der Waals surface area contributed by atoms with E-state index >= 15 is 0 Å². The van der Waals surface area contributed by atoms with E-state index in [0.29, 0.717) is 12.1 Å². The normalized spacial score (nSPS) is 11.9. The number of carbonyl (C=O) groups excluding carboxylic acids is 2. The van der Waals surface area contributed by atoms with Crippen LogP contribution in [-0.2, 0) is 9.59 Å². The molecule has 6 nitrogen and oxygen atoms in total. The maximum Gasteiger partial charge on any atom is 0.251 e. The molecule has 0 aliphatic heterocycles. The van der Waals surface area contributed by atoms with Crippen LogP contribution in [-0.4, -0.2) is 21.6 Å². The second kappa shape index (κ2) is 9.19. The number of rotatable bonds is 7. The van der Waals surface area contributed by atoms with Crippen LogP contribution in [0.3, 0.4) is 0 Å². The third-order valence-electron chi connectivity index (χ3n) is 4.48. The zero-order valence-corrected chi connectivity index (χ0v) is 16.9. The number of aryl methyl sites for hydroxylation is 1. The van der Waals surface area contributed by atoms with Gasteiger partial charge < -0.3 is 10.6 Å². The van der Waals surface area contributed by atoms with E-state index in [1.165, 1.54) is 0 Å². The highest BCUT2D eigenvalue weighted by Crippen LogP contribution is 2.19. The molecule has 0 radical (unpaired) electrons. The van der Waals surface area contributed by atoms with E-state index in [4.69, 9.17) is 0 Å². The Kier molecular flexibility index (Phi) is 6.44. The van der Waals surface area contributed by atoms with Crippen LogP contribution < -0.4 is 10.6 Å². The van der Waals surface area contributed by atoms with Crippen molar-refractivity contribution in [3.8, 4) is 5.69 Å². The second-order valence-corrected chi connectivity index (χ2v) is 7.43. The monoisotopic (exact) mass is 390 g/mol. The molecule has 0 saturated heterocycles. The fourth-order valence-electron chi connectivity index (χ4n) is 3.11. The molecule has 0 fully saturated rings. The molecule has 2 amide bonds. The molecule has 0 saturated carbocycles. The van der Waals surface area contributed by atoms with Gasteiger partial charge in [-0.15, -0.1) is 0 Å². The zero-order chi connectivity index (χ0) is 20.8. The van der Waals surface area contributed by atoms with Crippen LogP contribution in [0.5, 0.6) is 0 Å². The number of amides is 2. The largest absolute Gasteiger partial charge is 0.341 e. The first kappa shape index (κ1) is 20.3. The Hall–Kier alpha value is -3.41. The SMILES string of the molecule is Cc1ccnn1-c1cccc(NC(=O)C(NC(=O)CC(C)C)c2ccccc2)c1. The third-order valence-corrected chi connectivity index (χ3v) is 4.48. The smallest absolute Gasteiger partial charge is 0.251 e. The number of carbonyl (C=O) groups is 2. The van der Waals surface area contributed by atoms with Crippen LogP contribution >= 0.6 is 0 Å². The molecule has 1 atom stereocenters. The van der Waals surface area contributed by atoms with E-state index in [9.17, 15) is 9.59 Å². The number of nitrogens with one attached hydrogen (secondary N) is 2. The Morgan fingerprint density at radius 3 is 2.45 bits per heavy atom. The van der Waals surface area contributed by atoms with Crippen LogP contribution in [0.4, 0.5) is 5.69 Å². The molecule has 2 aromatic carbocycles. The number of hydrogen-bond donors (Lipinski definition) is 2. The van der Waals surface area contributed by atoms with E-state index in [1.54, 1.807) is 10.9 Å². The van der Waals surface area contributed by atoms with Crippen LogP contribution in [0, 0.1) is 12.8 Å². The average molecular weight is 390 g/mol. The molecule has 6 heteroatoms. The summed E-state index contributed by atoms with van der Waals surface area (Å²) in [6, 6.07) is 17.9. The number of aromatic nitrogens is 2. The first-order chi connectivity index (χ1) is 13.9. The van der Waals surface area contributed by atoms with Crippen molar-refractivity contribution in [1.29, 1.82) is 0 Å². The van der Waals surface area contributed by atoms with Crippen LogP contribution in [0.15, 0.2) is 66.9 Å². The molecule has 0 aliphatic carbocycles. The fraction of sp³-hybridized carbons (Fsp3) is 0.261. The molecule has 1 aromatic heterocycles. The Bertz CT molecular complexity index is 979. The van der Waals surface area contributed by atoms with Gasteiger partial charge in [0.05, 0.1) is 5.69 Å². The topological polar surface area (TPSA) is 76.0 Å². The van der Waals surface area contributed by atoms with E-state index in [0.717, 1.165) is 16.9 Å². The molecule has 0 aliphatic rings. The van der Waals surface area contributed by atoms with Crippen molar-refractivity contribution >= 4 is 17.5 Å². The lowest BCUT2D eigenvalue weighted by Crippen LogP contribution is -2.37. The second-order valence-electron chi connectivity index (χ2n) is 7.43. The molecule has 1 heterocycles. The Balaban J connectivity index is 1.81. The van der Waals surface area contributed by atoms with E-state index in [1.807, 2.05) is 81.4 Å².